The fourth-order valence-electron chi connectivity index (χ4n) is 3.90. The molecule has 7 nitrogen and oxygen atoms in total. The van der Waals surface area contributed by atoms with E-state index >= 15 is 0 Å². The van der Waals surface area contributed by atoms with Crippen LogP contribution in [-0.2, 0) is 9.53 Å². The Morgan fingerprint density at radius 3 is 2.76 bits per heavy atom. The van der Waals surface area contributed by atoms with E-state index in [4.69, 9.17) is 14.2 Å². The summed E-state index contributed by atoms with van der Waals surface area (Å²) in [6.07, 6.45) is 1.85. The molecule has 0 saturated carbocycles. The minimum absolute atomic E-state index is 0.136. The molecule has 1 unspecified atom stereocenters. The van der Waals surface area contributed by atoms with Crippen LogP contribution in [0.1, 0.15) is 31.0 Å². The molecule has 1 aromatic heterocycles. The number of allylic oxidation sites excluding steroid dienone is 1. The van der Waals surface area contributed by atoms with E-state index in [1.165, 1.54) is 11.3 Å². The van der Waals surface area contributed by atoms with Crippen LogP contribution in [0.5, 0.6) is 11.5 Å². The second-order valence-electron chi connectivity index (χ2n) is 7.47. The van der Waals surface area contributed by atoms with Crippen LogP contribution in [-0.4, -0.2) is 23.9 Å². The number of fused-ring (bicyclic) bond motifs is 2. The number of benzene rings is 2. The number of hydrogen-bond acceptors (Lipinski definition) is 7. The fourth-order valence-corrected chi connectivity index (χ4v) is 5.31. The van der Waals surface area contributed by atoms with Gasteiger partial charge < -0.3 is 14.2 Å². The first-order chi connectivity index (χ1) is 16.0. The van der Waals surface area contributed by atoms with E-state index in [9.17, 15) is 9.59 Å². The Bertz CT molecular complexity index is 1470. The minimum Gasteiger partial charge on any atom is -0.463 e. The second-order valence-corrected chi connectivity index (χ2v) is 9.72. The highest BCUT2D eigenvalue weighted by molar-refractivity contribution is 14.1. The number of ether oxygens (including phenoxy) is 3. The molecule has 0 spiro atoms. The minimum atomic E-state index is -0.686. The summed E-state index contributed by atoms with van der Waals surface area (Å²) in [6, 6.07) is 12.7. The molecule has 0 bridgehead atoms. The van der Waals surface area contributed by atoms with Crippen LogP contribution < -0.4 is 24.4 Å². The summed E-state index contributed by atoms with van der Waals surface area (Å²) in [4.78, 5) is 31.7. The molecule has 168 valence electrons. The van der Waals surface area contributed by atoms with Crippen molar-refractivity contribution in [1.82, 2.24) is 4.57 Å². The predicted molar refractivity (Wildman–Crippen MR) is 132 cm³/mol. The van der Waals surface area contributed by atoms with Crippen molar-refractivity contribution in [3.05, 3.63) is 88.1 Å². The van der Waals surface area contributed by atoms with Gasteiger partial charge in [0, 0.05) is 3.57 Å². The topological polar surface area (TPSA) is 79.1 Å². The molecule has 2 aliphatic rings. The van der Waals surface area contributed by atoms with Gasteiger partial charge in [0.1, 0.15) is 0 Å². The van der Waals surface area contributed by atoms with Crippen molar-refractivity contribution in [3.63, 3.8) is 0 Å². The normalized spacial score (nSPS) is 17.1. The van der Waals surface area contributed by atoms with Crippen molar-refractivity contribution in [1.29, 1.82) is 0 Å². The van der Waals surface area contributed by atoms with Crippen molar-refractivity contribution in [2.75, 3.05) is 13.4 Å². The van der Waals surface area contributed by atoms with Crippen molar-refractivity contribution in [2.24, 2.45) is 4.99 Å². The zero-order valence-corrected chi connectivity index (χ0v) is 20.8. The number of thiazole rings is 1. The number of aromatic nitrogens is 1. The molecule has 0 N–H and O–H groups in total. The van der Waals surface area contributed by atoms with Crippen LogP contribution >= 0.6 is 33.9 Å². The van der Waals surface area contributed by atoms with Crippen LogP contribution in [0.25, 0.3) is 6.08 Å². The molecule has 2 aromatic carbocycles. The first kappa shape index (κ1) is 21.9. The molecule has 5 rings (SSSR count). The number of carbonyl (C=O) groups is 1. The molecule has 2 aliphatic heterocycles. The molecule has 0 aliphatic carbocycles. The predicted octanol–water partition coefficient (Wildman–Crippen LogP) is 3.13. The van der Waals surface area contributed by atoms with Gasteiger partial charge in [-0.05, 0) is 77.9 Å². The monoisotopic (exact) mass is 574 g/mol. The highest BCUT2D eigenvalue weighted by atomic mass is 127. The largest absolute Gasteiger partial charge is 0.463 e. The van der Waals surface area contributed by atoms with Gasteiger partial charge in [-0.3, -0.25) is 9.36 Å². The Morgan fingerprint density at radius 1 is 1.24 bits per heavy atom. The Labute approximate surface area is 206 Å². The maximum atomic E-state index is 13.6. The first-order valence-corrected chi connectivity index (χ1v) is 12.2. The van der Waals surface area contributed by atoms with E-state index in [1.54, 1.807) is 30.5 Å². The molecule has 0 amide bonds. The molecule has 0 fully saturated rings. The maximum absolute atomic E-state index is 13.6. The van der Waals surface area contributed by atoms with E-state index in [0.29, 0.717) is 32.1 Å². The Kier molecular flexibility index (Phi) is 5.83. The SMILES string of the molecule is CCOC(=O)C1=C(C)N=c2s/c(=C/c3ccc(I)cc3)c(=O)n2C1c1ccc2c(c1)OCO2. The lowest BCUT2D eigenvalue weighted by Crippen LogP contribution is -2.39. The fraction of sp³-hybridized carbons (Fsp3) is 0.208. The summed E-state index contributed by atoms with van der Waals surface area (Å²) < 4.78 is 19.5. The summed E-state index contributed by atoms with van der Waals surface area (Å²) >= 11 is 3.54. The van der Waals surface area contributed by atoms with Crippen LogP contribution in [0.3, 0.4) is 0 Å². The molecule has 9 heteroatoms. The lowest BCUT2D eigenvalue weighted by molar-refractivity contribution is -0.139. The molecular weight excluding hydrogens is 555 g/mol. The van der Waals surface area contributed by atoms with Gasteiger partial charge in [-0.2, -0.15) is 0 Å². The summed E-state index contributed by atoms with van der Waals surface area (Å²) in [7, 11) is 0. The molecule has 1 atom stereocenters. The third-order valence-corrected chi connectivity index (χ3v) is 7.10. The number of esters is 1. The average Bonchev–Trinajstić information content (AvgIpc) is 3.38. The van der Waals surface area contributed by atoms with E-state index in [0.717, 1.165) is 14.7 Å². The molecule has 3 aromatic rings. The number of nitrogens with zero attached hydrogens (tertiary/aromatic N) is 2. The third-order valence-electron chi connectivity index (χ3n) is 5.40. The van der Waals surface area contributed by atoms with E-state index < -0.39 is 12.0 Å². The van der Waals surface area contributed by atoms with Crippen molar-refractivity contribution >= 4 is 46.0 Å². The van der Waals surface area contributed by atoms with E-state index in [-0.39, 0.29) is 19.0 Å². The van der Waals surface area contributed by atoms with Crippen LogP contribution in [0.4, 0.5) is 0 Å². The van der Waals surface area contributed by atoms with Gasteiger partial charge in [-0.15, -0.1) is 0 Å². The highest BCUT2D eigenvalue weighted by Gasteiger charge is 2.34. The van der Waals surface area contributed by atoms with E-state index in [1.807, 2.05) is 36.4 Å². The van der Waals surface area contributed by atoms with Gasteiger partial charge in [0.25, 0.3) is 5.56 Å². The number of rotatable bonds is 4. The molecule has 33 heavy (non-hydrogen) atoms. The number of carbonyl (C=O) groups excluding carboxylic acids is 1. The Morgan fingerprint density at radius 2 is 2.00 bits per heavy atom. The standard InChI is InChI=1S/C24H19IN2O5S/c1-3-30-23(29)20-13(2)26-24-27(21(20)15-6-9-17-18(11-15)32-12-31-17)22(28)19(33-24)10-14-4-7-16(25)8-5-14/h4-11,21H,3,12H2,1-2H3/b19-10+. The van der Waals surface area contributed by atoms with Crippen LogP contribution in [0, 0.1) is 3.57 Å². The van der Waals surface area contributed by atoms with Crippen LogP contribution in [0.2, 0.25) is 0 Å². The molecule has 0 radical (unpaired) electrons. The van der Waals surface area contributed by atoms with Crippen molar-refractivity contribution in [2.45, 2.75) is 19.9 Å². The van der Waals surface area contributed by atoms with Gasteiger partial charge in [-0.1, -0.05) is 29.5 Å². The van der Waals surface area contributed by atoms with Crippen LogP contribution in [0.15, 0.2) is 63.5 Å². The number of hydrogen-bond donors (Lipinski definition) is 0. The van der Waals surface area contributed by atoms with Gasteiger partial charge in [-0.25, -0.2) is 9.79 Å². The quantitative estimate of drug-likeness (QED) is 0.354. The van der Waals surface area contributed by atoms with Gasteiger partial charge in [0.2, 0.25) is 6.79 Å². The molecular formula is C24H19IN2O5S. The van der Waals surface area contributed by atoms with Crippen molar-refractivity contribution < 1.29 is 19.0 Å². The zero-order valence-electron chi connectivity index (χ0n) is 17.8. The molecule has 0 saturated heterocycles. The smallest absolute Gasteiger partial charge is 0.338 e. The van der Waals surface area contributed by atoms with Gasteiger partial charge >= 0.3 is 5.97 Å². The highest BCUT2D eigenvalue weighted by Crippen LogP contribution is 2.38. The lowest BCUT2D eigenvalue weighted by Gasteiger charge is -2.24. The number of halogens is 1. The third kappa shape index (κ3) is 3.99. The average molecular weight is 574 g/mol. The summed E-state index contributed by atoms with van der Waals surface area (Å²) in [5.41, 5.74) is 2.29. The molecule has 3 heterocycles. The second kappa shape index (κ2) is 8.79. The first-order valence-electron chi connectivity index (χ1n) is 10.3. The zero-order chi connectivity index (χ0) is 23.1. The Hall–Kier alpha value is -2.92. The van der Waals surface area contributed by atoms with Gasteiger partial charge in [0.05, 0.1) is 28.5 Å². The maximum Gasteiger partial charge on any atom is 0.338 e. The van der Waals surface area contributed by atoms with Gasteiger partial charge in [0.15, 0.2) is 16.3 Å². The summed E-state index contributed by atoms with van der Waals surface area (Å²) in [5, 5.41) is 0. The summed E-state index contributed by atoms with van der Waals surface area (Å²) in [6.45, 7) is 3.87. The summed E-state index contributed by atoms with van der Waals surface area (Å²) in [5.74, 6) is 0.711. The Balaban J connectivity index is 1.72. The van der Waals surface area contributed by atoms with Crippen molar-refractivity contribution in [3.8, 4) is 11.5 Å². The lowest BCUT2D eigenvalue weighted by atomic mass is 9.95. The van der Waals surface area contributed by atoms with E-state index in [2.05, 4.69) is 27.6 Å².